The topological polar surface area (TPSA) is 39.2 Å². The number of nitrogens with zero attached hydrogens (tertiary/aromatic N) is 1. The van der Waals surface area contributed by atoms with Gasteiger partial charge in [0.1, 0.15) is 5.15 Å². The van der Waals surface area contributed by atoms with Crippen LogP contribution in [0.5, 0.6) is 5.88 Å². The van der Waals surface area contributed by atoms with Gasteiger partial charge in [-0.3, -0.25) is 4.21 Å². The monoisotopic (exact) mass is 219 g/mol. The van der Waals surface area contributed by atoms with E-state index in [1.807, 2.05) is 0 Å². The molecule has 0 saturated carbocycles. The zero-order chi connectivity index (χ0) is 9.84. The van der Waals surface area contributed by atoms with Crippen molar-refractivity contribution in [3.8, 4) is 5.88 Å². The van der Waals surface area contributed by atoms with Gasteiger partial charge in [-0.1, -0.05) is 11.6 Å². The van der Waals surface area contributed by atoms with E-state index < -0.39 is 10.8 Å². The molecular weight excluding hydrogens is 210 g/mol. The molecule has 0 aromatic carbocycles. The van der Waals surface area contributed by atoms with Gasteiger partial charge < -0.3 is 4.74 Å². The van der Waals surface area contributed by atoms with Gasteiger partial charge in [0, 0.05) is 28.9 Å². The van der Waals surface area contributed by atoms with Crippen molar-refractivity contribution in [3.05, 3.63) is 22.8 Å². The van der Waals surface area contributed by atoms with E-state index in [2.05, 4.69) is 4.98 Å². The second kappa shape index (κ2) is 4.58. The fourth-order valence-corrected chi connectivity index (χ4v) is 1.81. The van der Waals surface area contributed by atoms with Gasteiger partial charge in [-0.05, 0) is 11.6 Å². The lowest BCUT2D eigenvalue weighted by Crippen LogP contribution is -1.95. The van der Waals surface area contributed by atoms with Crippen molar-refractivity contribution < 1.29 is 8.95 Å². The number of halogens is 1. The predicted octanol–water partition coefficient (Wildman–Crippen LogP) is 1.62. The highest BCUT2D eigenvalue weighted by Gasteiger charge is 2.02. The minimum Gasteiger partial charge on any atom is -0.481 e. The maximum atomic E-state index is 10.9. The SMILES string of the molecule is COc1cc(CS(C)=O)cc(Cl)n1. The summed E-state index contributed by atoms with van der Waals surface area (Å²) < 4.78 is 15.9. The summed E-state index contributed by atoms with van der Waals surface area (Å²) in [6.07, 6.45) is 1.64. The van der Waals surface area contributed by atoms with Gasteiger partial charge in [-0.2, -0.15) is 0 Å². The van der Waals surface area contributed by atoms with Crippen LogP contribution in [0.4, 0.5) is 0 Å². The molecule has 0 aliphatic rings. The zero-order valence-corrected chi connectivity index (χ0v) is 8.98. The molecule has 72 valence electrons. The molecule has 0 saturated heterocycles. The van der Waals surface area contributed by atoms with Crippen LogP contribution in [0.2, 0.25) is 5.15 Å². The smallest absolute Gasteiger partial charge is 0.214 e. The second-order valence-corrected chi connectivity index (χ2v) is 4.38. The van der Waals surface area contributed by atoms with E-state index in [9.17, 15) is 4.21 Å². The predicted molar refractivity (Wildman–Crippen MR) is 53.6 cm³/mol. The Morgan fingerprint density at radius 2 is 2.31 bits per heavy atom. The summed E-state index contributed by atoms with van der Waals surface area (Å²) in [6.45, 7) is 0. The molecule has 0 N–H and O–H groups in total. The van der Waals surface area contributed by atoms with Crippen LogP contribution in [0.3, 0.4) is 0 Å². The van der Waals surface area contributed by atoms with Crippen LogP contribution < -0.4 is 4.74 Å². The standard InChI is InChI=1S/C8H10ClNO2S/c1-12-8-4-6(5-13(2)11)3-7(9)10-8/h3-4H,5H2,1-2H3. The van der Waals surface area contributed by atoms with E-state index in [1.54, 1.807) is 18.4 Å². The molecule has 0 amide bonds. The Morgan fingerprint density at radius 1 is 1.62 bits per heavy atom. The summed E-state index contributed by atoms with van der Waals surface area (Å²) in [6, 6.07) is 3.42. The normalized spacial score (nSPS) is 12.5. The summed E-state index contributed by atoms with van der Waals surface area (Å²) in [5.74, 6) is 0.923. The summed E-state index contributed by atoms with van der Waals surface area (Å²) in [5.41, 5.74) is 0.873. The van der Waals surface area contributed by atoms with Crippen molar-refractivity contribution in [3.63, 3.8) is 0 Å². The van der Waals surface area contributed by atoms with Crippen LogP contribution in [-0.4, -0.2) is 22.6 Å². The molecule has 1 unspecified atom stereocenters. The first kappa shape index (κ1) is 10.5. The van der Waals surface area contributed by atoms with Crippen molar-refractivity contribution in [2.75, 3.05) is 13.4 Å². The van der Waals surface area contributed by atoms with Crippen LogP contribution in [0.25, 0.3) is 0 Å². The van der Waals surface area contributed by atoms with Crippen molar-refractivity contribution in [2.24, 2.45) is 0 Å². The Labute approximate surface area is 84.5 Å². The van der Waals surface area contributed by atoms with Gasteiger partial charge in [0.2, 0.25) is 5.88 Å². The lowest BCUT2D eigenvalue weighted by atomic mass is 10.3. The second-order valence-electron chi connectivity index (χ2n) is 2.56. The van der Waals surface area contributed by atoms with Crippen LogP contribution in [-0.2, 0) is 16.6 Å². The maximum absolute atomic E-state index is 10.9. The molecule has 0 aliphatic heterocycles. The number of aromatic nitrogens is 1. The summed E-state index contributed by atoms with van der Waals surface area (Å²) in [5, 5.41) is 0.361. The van der Waals surface area contributed by atoms with Crippen molar-refractivity contribution in [1.29, 1.82) is 0 Å². The molecule has 0 bridgehead atoms. The lowest BCUT2D eigenvalue weighted by molar-refractivity contribution is 0.397. The Morgan fingerprint density at radius 3 is 2.85 bits per heavy atom. The third kappa shape index (κ3) is 3.32. The maximum Gasteiger partial charge on any atom is 0.214 e. The Balaban J connectivity index is 2.94. The lowest BCUT2D eigenvalue weighted by Gasteiger charge is -2.02. The molecule has 1 heterocycles. The van der Waals surface area contributed by atoms with Gasteiger partial charge in [-0.15, -0.1) is 0 Å². The number of methoxy groups -OCH3 is 1. The van der Waals surface area contributed by atoms with Crippen molar-refractivity contribution >= 4 is 22.4 Å². The highest BCUT2D eigenvalue weighted by Crippen LogP contribution is 2.16. The molecule has 1 aromatic heterocycles. The first-order valence-electron chi connectivity index (χ1n) is 3.62. The molecular formula is C8H10ClNO2S. The average Bonchev–Trinajstić information content (AvgIpc) is 2.01. The fourth-order valence-electron chi connectivity index (χ4n) is 0.946. The van der Waals surface area contributed by atoms with Gasteiger partial charge in [-0.25, -0.2) is 4.98 Å². The van der Waals surface area contributed by atoms with E-state index >= 15 is 0 Å². The summed E-state index contributed by atoms with van der Waals surface area (Å²) >= 11 is 5.72. The van der Waals surface area contributed by atoms with Gasteiger partial charge in [0.05, 0.1) is 7.11 Å². The Hall–Kier alpha value is -0.610. The first-order valence-corrected chi connectivity index (χ1v) is 5.73. The van der Waals surface area contributed by atoms with Gasteiger partial charge in [0.15, 0.2) is 0 Å². The molecule has 0 radical (unpaired) electrons. The largest absolute Gasteiger partial charge is 0.481 e. The summed E-state index contributed by atoms with van der Waals surface area (Å²) in [7, 11) is 0.642. The minimum absolute atomic E-state index is 0.361. The van der Waals surface area contributed by atoms with Crippen LogP contribution in [0.1, 0.15) is 5.56 Å². The number of rotatable bonds is 3. The van der Waals surface area contributed by atoms with E-state index in [0.717, 1.165) is 5.56 Å². The molecule has 1 atom stereocenters. The van der Waals surface area contributed by atoms with Crippen LogP contribution in [0, 0.1) is 0 Å². The van der Waals surface area contributed by atoms with E-state index in [1.165, 1.54) is 7.11 Å². The van der Waals surface area contributed by atoms with Crippen LogP contribution in [0.15, 0.2) is 12.1 Å². The zero-order valence-electron chi connectivity index (χ0n) is 7.41. The third-order valence-electron chi connectivity index (χ3n) is 1.41. The molecule has 13 heavy (non-hydrogen) atoms. The first-order chi connectivity index (χ1) is 6.11. The molecule has 0 aliphatic carbocycles. The molecule has 0 fully saturated rings. The third-order valence-corrected chi connectivity index (χ3v) is 2.34. The minimum atomic E-state index is -0.877. The Kier molecular flexibility index (Phi) is 3.69. The molecule has 1 rings (SSSR count). The quantitative estimate of drug-likeness (QED) is 0.726. The molecule has 1 aromatic rings. The van der Waals surface area contributed by atoms with E-state index in [4.69, 9.17) is 16.3 Å². The molecule has 5 heteroatoms. The molecule has 0 spiro atoms. The fraction of sp³-hybridized carbons (Fsp3) is 0.375. The van der Waals surface area contributed by atoms with Gasteiger partial charge >= 0.3 is 0 Å². The number of pyridine rings is 1. The molecule has 3 nitrogen and oxygen atoms in total. The highest BCUT2D eigenvalue weighted by atomic mass is 35.5. The summed E-state index contributed by atoms with van der Waals surface area (Å²) in [4.78, 5) is 3.90. The number of ether oxygens (including phenoxy) is 1. The Bertz CT molecular complexity index is 330. The van der Waals surface area contributed by atoms with Crippen LogP contribution >= 0.6 is 11.6 Å². The van der Waals surface area contributed by atoms with E-state index in [0.29, 0.717) is 16.8 Å². The van der Waals surface area contributed by atoms with Crippen molar-refractivity contribution in [1.82, 2.24) is 4.98 Å². The van der Waals surface area contributed by atoms with Crippen molar-refractivity contribution in [2.45, 2.75) is 5.75 Å². The van der Waals surface area contributed by atoms with E-state index in [-0.39, 0.29) is 0 Å². The average molecular weight is 220 g/mol. The number of hydrogen-bond donors (Lipinski definition) is 0. The number of hydrogen-bond acceptors (Lipinski definition) is 3. The highest BCUT2D eigenvalue weighted by molar-refractivity contribution is 7.83. The van der Waals surface area contributed by atoms with Gasteiger partial charge in [0.25, 0.3) is 0 Å².